The van der Waals surface area contributed by atoms with Gasteiger partial charge in [-0.15, -0.1) is 0 Å². The van der Waals surface area contributed by atoms with Crippen LogP contribution in [0.5, 0.6) is 0 Å². The fraction of sp³-hybridized carbons (Fsp3) is 0.250. The van der Waals surface area contributed by atoms with E-state index in [1.807, 2.05) is 31.2 Å². The molecule has 9 heteroatoms. The van der Waals surface area contributed by atoms with Gasteiger partial charge in [-0.2, -0.15) is 0 Å². The van der Waals surface area contributed by atoms with Crippen molar-refractivity contribution in [3.63, 3.8) is 0 Å². The molecule has 29 heavy (non-hydrogen) atoms. The van der Waals surface area contributed by atoms with Gasteiger partial charge in [0.2, 0.25) is 5.91 Å². The van der Waals surface area contributed by atoms with E-state index in [9.17, 15) is 14.4 Å². The molecular weight excluding hydrogens is 392 g/mol. The summed E-state index contributed by atoms with van der Waals surface area (Å²) in [4.78, 5) is 40.9. The van der Waals surface area contributed by atoms with Crippen molar-refractivity contribution in [3.8, 4) is 0 Å². The fourth-order valence-electron chi connectivity index (χ4n) is 3.29. The van der Waals surface area contributed by atoms with Crippen LogP contribution in [0.25, 0.3) is 0 Å². The number of hydrogen-bond acceptors (Lipinski definition) is 6. The van der Waals surface area contributed by atoms with Gasteiger partial charge < -0.3 is 9.73 Å². The zero-order chi connectivity index (χ0) is 20.4. The fourth-order valence-corrected chi connectivity index (χ4v) is 4.10. The lowest BCUT2D eigenvalue weighted by atomic mass is 10.1. The van der Waals surface area contributed by atoms with Gasteiger partial charge in [0.05, 0.1) is 25.0 Å². The van der Waals surface area contributed by atoms with Gasteiger partial charge in [0.25, 0.3) is 5.91 Å². The Labute approximate surface area is 172 Å². The number of benzene rings is 1. The maximum absolute atomic E-state index is 13.1. The average Bonchev–Trinajstić information content (AvgIpc) is 3.39. The smallest absolute Gasteiger partial charge is 0.331 e. The van der Waals surface area contributed by atoms with Gasteiger partial charge in [0.15, 0.2) is 0 Å². The highest BCUT2D eigenvalue weighted by Gasteiger charge is 2.45. The minimum Gasteiger partial charge on any atom is -0.467 e. The Bertz CT molecular complexity index is 973. The monoisotopic (exact) mass is 412 g/mol. The number of nitrogens with zero attached hydrogens (tertiary/aromatic N) is 2. The molecule has 2 aliphatic rings. The summed E-state index contributed by atoms with van der Waals surface area (Å²) in [7, 11) is 0. The molecule has 0 radical (unpaired) electrons. The highest BCUT2D eigenvalue weighted by atomic mass is 32.2. The van der Waals surface area contributed by atoms with Crippen LogP contribution < -0.4 is 10.0 Å². The van der Waals surface area contributed by atoms with Gasteiger partial charge in [-0.25, -0.2) is 9.52 Å². The molecule has 0 saturated carbocycles. The first-order valence-corrected chi connectivity index (χ1v) is 9.99. The summed E-state index contributed by atoms with van der Waals surface area (Å²) in [6.07, 6.45) is 1.53. The zero-order valence-corrected chi connectivity index (χ0v) is 16.6. The first-order chi connectivity index (χ1) is 14.0. The molecule has 2 aromatic rings. The third-order valence-corrected chi connectivity index (χ3v) is 5.44. The summed E-state index contributed by atoms with van der Waals surface area (Å²) in [5, 5.41) is 4.43. The van der Waals surface area contributed by atoms with Crippen LogP contribution in [0.3, 0.4) is 0 Å². The van der Waals surface area contributed by atoms with Crippen molar-refractivity contribution in [1.29, 1.82) is 0 Å². The van der Waals surface area contributed by atoms with E-state index in [0.29, 0.717) is 11.5 Å². The number of furan rings is 1. The molecule has 0 bridgehead atoms. The predicted octanol–water partition coefficient (Wildman–Crippen LogP) is 2.13. The summed E-state index contributed by atoms with van der Waals surface area (Å²) < 4.78 is 8.20. The van der Waals surface area contributed by atoms with E-state index in [-0.39, 0.29) is 31.4 Å². The number of imide groups is 1. The zero-order valence-electron chi connectivity index (χ0n) is 15.8. The third-order valence-electron chi connectivity index (χ3n) is 4.71. The molecule has 0 spiro atoms. The summed E-state index contributed by atoms with van der Waals surface area (Å²) in [6, 6.07) is 9.98. The summed E-state index contributed by atoms with van der Waals surface area (Å²) >= 11 is 1.24. The minimum atomic E-state index is -0.652. The molecule has 0 aliphatic carbocycles. The second kappa shape index (κ2) is 8.14. The van der Waals surface area contributed by atoms with Gasteiger partial charge >= 0.3 is 6.03 Å². The molecule has 4 amide bonds. The Morgan fingerprint density at radius 2 is 2.10 bits per heavy atom. The second-order valence-corrected chi connectivity index (χ2v) is 7.56. The maximum Gasteiger partial charge on any atom is 0.331 e. The Morgan fingerprint density at radius 3 is 2.86 bits per heavy atom. The van der Waals surface area contributed by atoms with Crippen molar-refractivity contribution in [2.75, 3.05) is 6.54 Å². The van der Waals surface area contributed by atoms with Crippen molar-refractivity contribution < 1.29 is 18.8 Å². The molecule has 1 fully saturated rings. The van der Waals surface area contributed by atoms with Crippen molar-refractivity contribution in [1.82, 2.24) is 19.8 Å². The normalized spacial score (nSPS) is 18.7. The molecule has 8 nitrogen and oxygen atoms in total. The quantitative estimate of drug-likeness (QED) is 0.706. The molecular formula is C20H20N4O4S. The number of rotatable bonds is 6. The van der Waals surface area contributed by atoms with E-state index in [4.69, 9.17) is 4.42 Å². The molecule has 2 aliphatic heterocycles. The summed E-state index contributed by atoms with van der Waals surface area (Å²) in [5.74, 6) is -0.0362. The summed E-state index contributed by atoms with van der Waals surface area (Å²) in [6.45, 7) is 2.16. The number of carbonyl (C=O) groups excluding carboxylic acids is 3. The van der Waals surface area contributed by atoms with E-state index < -0.39 is 12.1 Å². The predicted molar refractivity (Wildman–Crippen MR) is 107 cm³/mol. The van der Waals surface area contributed by atoms with Crippen LogP contribution in [-0.4, -0.2) is 40.2 Å². The molecule has 1 atom stereocenters. The van der Waals surface area contributed by atoms with Crippen LogP contribution in [0.2, 0.25) is 0 Å². The van der Waals surface area contributed by atoms with Crippen molar-refractivity contribution in [3.05, 3.63) is 70.7 Å². The highest BCUT2D eigenvalue weighted by molar-refractivity contribution is 8.00. The number of hydrogen-bond donors (Lipinski definition) is 2. The second-order valence-electron chi connectivity index (χ2n) is 6.85. The number of nitrogens with one attached hydrogen (secondary N) is 2. The first-order valence-electron chi connectivity index (χ1n) is 9.11. The van der Waals surface area contributed by atoms with E-state index in [2.05, 4.69) is 10.0 Å². The number of carbonyl (C=O) groups is 3. The molecule has 1 aromatic heterocycles. The van der Waals surface area contributed by atoms with Gasteiger partial charge in [-0.1, -0.05) is 41.8 Å². The van der Waals surface area contributed by atoms with Gasteiger partial charge in [0.1, 0.15) is 18.3 Å². The van der Waals surface area contributed by atoms with E-state index in [1.54, 1.807) is 17.5 Å². The van der Waals surface area contributed by atoms with Crippen molar-refractivity contribution in [2.24, 2.45) is 0 Å². The van der Waals surface area contributed by atoms with Crippen molar-refractivity contribution >= 4 is 29.8 Å². The standard InChI is InChI=1S/C20H20N4O4S/c1-13-4-2-5-14(8-13)10-24-19(26)18-16(12-29-22-18)23(20(24)27)11-17(25)21-9-15-6-3-7-28-15/h2-8,12,18,22H,9-11H2,1H3,(H,21,25). The Hall–Kier alpha value is -3.04. The van der Waals surface area contributed by atoms with Crippen LogP contribution in [-0.2, 0) is 22.7 Å². The van der Waals surface area contributed by atoms with Crippen molar-refractivity contribution in [2.45, 2.75) is 26.1 Å². The molecule has 150 valence electrons. The molecule has 1 aromatic carbocycles. The SMILES string of the molecule is Cc1cccc(CN2C(=O)C3NSC=C3N(CC(=O)NCc3ccco3)C2=O)c1. The Kier molecular flexibility index (Phi) is 5.41. The molecule has 1 saturated heterocycles. The van der Waals surface area contributed by atoms with Crippen LogP contribution in [0.1, 0.15) is 16.9 Å². The number of urea groups is 1. The van der Waals surface area contributed by atoms with Crippen LogP contribution in [0.4, 0.5) is 4.79 Å². The lowest BCUT2D eigenvalue weighted by molar-refractivity contribution is -0.133. The average molecular weight is 412 g/mol. The van der Waals surface area contributed by atoms with E-state index in [0.717, 1.165) is 11.1 Å². The largest absolute Gasteiger partial charge is 0.467 e. The Balaban J connectivity index is 1.50. The van der Waals surface area contributed by atoms with Gasteiger partial charge in [-0.05, 0) is 24.6 Å². The van der Waals surface area contributed by atoms with Gasteiger partial charge in [-0.3, -0.25) is 19.4 Å². The third kappa shape index (κ3) is 4.06. The number of amides is 4. The number of fused-ring (bicyclic) bond motifs is 1. The molecule has 4 rings (SSSR count). The maximum atomic E-state index is 13.1. The lowest BCUT2D eigenvalue weighted by Gasteiger charge is -2.37. The van der Waals surface area contributed by atoms with E-state index in [1.165, 1.54) is 28.0 Å². The lowest BCUT2D eigenvalue weighted by Crippen LogP contribution is -2.60. The van der Waals surface area contributed by atoms with Gasteiger partial charge in [0, 0.05) is 5.41 Å². The van der Waals surface area contributed by atoms with E-state index >= 15 is 0 Å². The summed E-state index contributed by atoms with van der Waals surface area (Å²) in [5.41, 5.74) is 2.40. The topological polar surface area (TPSA) is 94.9 Å². The Morgan fingerprint density at radius 1 is 1.24 bits per heavy atom. The van der Waals surface area contributed by atoms with Crippen LogP contribution >= 0.6 is 11.9 Å². The highest BCUT2D eigenvalue weighted by Crippen LogP contribution is 2.30. The van der Waals surface area contributed by atoms with Crippen LogP contribution in [0.15, 0.2) is 58.2 Å². The first kappa shape index (κ1) is 19.3. The minimum absolute atomic E-state index is 0.153. The molecule has 3 heterocycles. The molecule has 2 N–H and O–H groups in total. The number of aryl methyl sites for hydroxylation is 1. The molecule has 1 unspecified atom stereocenters. The van der Waals surface area contributed by atoms with Crippen LogP contribution in [0, 0.1) is 6.92 Å².